The van der Waals surface area contributed by atoms with Crippen LogP contribution in [-0.2, 0) is 11.3 Å². The van der Waals surface area contributed by atoms with Crippen molar-refractivity contribution in [1.29, 1.82) is 0 Å². The molecular weight excluding hydrogens is 358 g/mol. The highest BCUT2D eigenvalue weighted by Crippen LogP contribution is 2.20. The molecular formula is C21H21N3O4. The topological polar surface area (TPSA) is 82.3 Å². The summed E-state index contributed by atoms with van der Waals surface area (Å²) in [4.78, 5) is 37.4. The second-order valence-electron chi connectivity index (χ2n) is 6.44. The van der Waals surface area contributed by atoms with E-state index in [1.807, 2.05) is 32.0 Å². The molecule has 0 saturated heterocycles. The molecule has 0 aliphatic heterocycles. The van der Waals surface area contributed by atoms with Crippen LogP contribution in [0.25, 0.3) is 5.69 Å². The number of nitrogens with zero attached hydrogens (tertiary/aromatic N) is 2. The number of amides is 1. The van der Waals surface area contributed by atoms with Gasteiger partial charge in [-0.2, -0.15) is 0 Å². The predicted octanol–water partition coefficient (Wildman–Crippen LogP) is 2.26. The molecule has 0 spiro atoms. The van der Waals surface area contributed by atoms with Crippen LogP contribution in [-0.4, -0.2) is 22.2 Å². The number of carbonyl (C=O) groups excluding carboxylic acids is 1. The minimum atomic E-state index is -0.787. The summed E-state index contributed by atoms with van der Waals surface area (Å²) in [6.45, 7) is 3.56. The Morgan fingerprint density at radius 2 is 1.79 bits per heavy atom. The van der Waals surface area contributed by atoms with Gasteiger partial charge >= 0.3 is 11.1 Å². The second kappa shape index (κ2) is 7.96. The molecule has 0 aliphatic carbocycles. The number of nitrogens with one attached hydrogen (secondary N) is 1. The highest BCUT2D eigenvalue weighted by Gasteiger charge is 2.13. The maximum atomic E-state index is 12.5. The van der Waals surface area contributed by atoms with E-state index in [9.17, 15) is 14.4 Å². The second-order valence-corrected chi connectivity index (χ2v) is 6.44. The van der Waals surface area contributed by atoms with Gasteiger partial charge in [-0.05, 0) is 43.2 Å². The number of aromatic nitrogens is 2. The van der Waals surface area contributed by atoms with Gasteiger partial charge in [0.1, 0.15) is 12.3 Å². The molecule has 1 heterocycles. The van der Waals surface area contributed by atoms with Crippen molar-refractivity contribution in [1.82, 2.24) is 9.13 Å². The van der Waals surface area contributed by atoms with Gasteiger partial charge in [-0.15, -0.1) is 0 Å². The average Bonchev–Trinajstić information content (AvgIpc) is 2.68. The summed E-state index contributed by atoms with van der Waals surface area (Å²) in [5, 5.41) is 2.78. The zero-order valence-corrected chi connectivity index (χ0v) is 15.9. The van der Waals surface area contributed by atoms with Crippen molar-refractivity contribution in [3.05, 3.63) is 86.7 Å². The Morgan fingerprint density at radius 3 is 2.54 bits per heavy atom. The fraction of sp³-hybridized carbons (Fsp3) is 0.190. The molecule has 0 aliphatic rings. The van der Waals surface area contributed by atoms with Gasteiger partial charge in [-0.3, -0.25) is 23.5 Å². The molecule has 3 rings (SSSR count). The molecule has 2 aromatic carbocycles. The van der Waals surface area contributed by atoms with Crippen LogP contribution in [0.1, 0.15) is 11.1 Å². The Kier molecular flexibility index (Phi) is 5.44. The van der Waals surface area contributed by atoms with Gasteiger partial charge in [0.15, 0.2) is 0 Å². The Bertz CT molecular complexity index is 1140. The maximum Gasteiger partial charge on any atom is 0.321 e. The van der Waals surface area contributed by atoms with Crippen LogP contribution in [0, 0.1) is 13.8 Å². The molecule has 7 heteroatoms. The Balaban J connectivity index is 1.87. The van der Waals surface area contributed by atoms with Gasteiger partial charge < -0.3 is 10.1 Å². The van der Waals surface area contributed by atoms with E-state index in [1.165, 1.54) is 24.1 Å². The smallest absolute Gasteiger partial charge is 0.321 e. The fourth-order valence-corrected chi connectivity index (χ4v) is 2.87. The van der Waals surface area contributed by atoms with Gasteiger partial charge in [0, 0.05) is 18.1 Å². The molecule has 0 saturated carbocycles. The molecule has 3 aromatic rings. The molecule has 1 N–H and O–H groups in total. The van der Waals surface area contributed by atoms with Crippen molar-refractivity contribution in [2.45, 2.75) is 20.4 Å². The van der Waals surface area contributed by atoms with Crippen molar-refractivity contribution >= 4 is 11.6 Å². The molecule has 1 aromatic heterocycles. The van der Waals surface area contributed by atoms with E-state index < -0.39 is 11.1 Å². The summed E-state index contributed by atoms with van der Waals surface area (Å²) in [7, 11) is 1.49. The minimum absolute atomic E-state index is 0.256. The number of hydrogen-bond acceptors (Lipinski definition) is 4. The van der Waals surface area contributed by atoms with Gasteiger partial charge in [0.2, 0.25) is 5.91 Å². The Hall–Kier alpha value is -3.61. The molecule has 0 bridgehead atoms. The van der Waals surface area contributed by atoms with Gasteiger partial charge in [-0.1, -0.05) is 24.3 Å². The lowest BCUT2D eigenvalue weighted by molar-refractivity contribution is -0.116. The predicted molar refractivity (Wildman–Crippen MR) is 107 cm³/mol. The first-order valence-electron chi connectivity index (χ1n) is 8.73. The van der Waals surface area contributed by atoms with Crippen LogP contribution in [0.4, 0.5) is 5.69 Å². The summed E-state index contributed by atoms with van der Waals surface area (Å²) in [5.74, 6) is 0.0830. The first-order valence-corrected chi connectivity index (χ1v) is 8.73. The van der Waals surface area contributed by atoms with Crippen molar-refractivity contribution in [2.75, 3.05) is 12.4 Å². The van der Waals surface area contributed by atoms with Crippen molar-refractivity contribution in [2.24, 2.45) is 0 Å². The zero-order chi connectivity index (χ0) is 20.3. The molecule has 28 heavy (non-hydrogen) atoms. The van der Waals surface area contributed by atoms with Crippen molar-refractivity contribution in [3.8, 4) is 11.4 Å². The van der Waals surface area contributed by atoms with Crippen LogP contribution < -0.4 is 21.2 Å². The zero-order valence-electron chi connectivity index (χ0n) is 15.9. The van der Waals surface area contributed by atoms with Crippen LogP contribution in [0.3, 0.4) is 0 Å². The van der Waals surface area contributed by atoms with E-state index in [1.54, 1.807) is 24.3 Å². The number of benzene rings is 2. The maximum absolute atomic E-state index is 12.5. The summed E-state index contributed by atoms with van der Waals surface area (Å²) in [6, 6.07) is 12.6. The van der Waals surface area contributed by atoms with Crippen LogP contribution in [0.15, 0.2) is 64.4 Å². The average molecular weight is 379 g/mol. The van der Waals surface area contributed by atoms with E-state index in [4.69, 9.17) is 4.74 Å². The Labute approximate surface area is 161 Å². The molecule has 0 fully saturated rings. The normalized spacial score (nSPS) is 10.5. The summed E-state index contributed by atoms with van der Waals surface area (Å²) in [5.41, 5.74) is 1.52. The lowest BCUT2D eigenvalue weighted by atomic mass is 10.1. The number of carbonyl (C=O) groups is 1. The molecule has 0 radical (unpaired) electrons. The number of para-hydroxylation sites is 2. The number of ether oxygens (including phenoxy) is 1. The van der Waals surface area contributed by atoms with E-state index >= 15 is 0 Å². The third-order valence-corrected chi connectivity index (χ3v) is 4.38. The van der Waals surface area contributed by atoms with E-state index in [0.717, 1.165) is 15.7 Å². The summed E-state index contributed by atoms with van der Waals surface area (Å²) >= 11 is 0. The number of methoxy groups -OCH3 is 1. The lowest BCUT2D eigenvalue weighted by Gasteiger charge is -2.13. The first kappa shape index (κ1) is 19.2. The lowest BCUT2D eigenvalue weighted by Crippen LogP contribution is -2.41. The number of hydrogen-bond donors (Lipinski definition) is 1. The molecule has 0 unspecified atom stereocenters. The molecule has 7 nitrogen and oxygen atoms in total. The molecule has 144 valence electrons. The molecule has 1 amide bonds. The van der Waals surface area contributed by atoms with Gasteiger partial charge in [-0.25, -0.2) is 0 Å². The standard InChI is InChI=1S/C21H21N3O4/c1-14-8-9-15(2)16(12-14)22-19(25)13-23-10-11-24(21(27)20(23)26)17-6-4-5-7-18(17)28-3/h4-12H,13H2,1-3H3,(H,22,25). The monoisotopic (exact) mass is 379 g/mol. The van der Waals surface area contributed by atoms with Crippen LogP contribution >= 0.6 is 0 Å². The third-order valence-electron chi connectivity index (χ3n) is 4.38. The summed E-state index contributed by atoms with van der Waals surface area (Å²) < 4.78 is 7.54. The van der Waals surface area contributed by atoms with Gasteiger partial charge in [0.25, 0.3) is 0 Å². The number of rotatable bonds is 5. The van der Waals surface area contributed by atoms with Crippen LogP contribution in [0.5, 0.6) is 5.75 Å². The third kappa shape index (κ3) is 3.88. The Morgan fingerprint density at radius 1 is 1.04 bits per heavy atom. The fourth-order valence-electron chi connectivity index (χ4n) is 2.87. The minimum Gasteiger partial charge on any atom is -0.495 e. The SMILES string of the molecule is COc1ccccc1-n1ccn(CC(=O)Nc2cc(C)ccc2C)c(=O)c1=O. The highest BCUT2D eigenvalue weighted by atomic mass is 16.5. The van der Waals surface area contributed by atoms with E-state index in [-0.39, 0.29) is 12.5 Å². The van der Waals surface area contributed by atoms with Gasteiger partial charge in [0.05, 0.1) is 12.8 Å². The first-order chi connectivity index (χ1) is 13.4. The quantitative estimate of drug-likeness (QED) is 0.690. The molecule has 0 atom stereocenters. The van der Waals surface area contributed by atoms with E-state index in [2.05, 4.69) is 5.32 Å². The number of aryl methyl sites for hydroxylation is 2. The number of anilines is 1. The van der Waals surface area contributed by atoms with Crippen LogP contribution in [0.2, 0.25) is 0 Å². The summed E-state index contributed by atoms with van der Waals surface area (Å²) in [6.07, 6.45) is 2.87. The highest BCUT2D eigenvalue weighted by molar-refractivity contribution is 5.91. The van der Waals surface area contributed by atoms with Crippen molar-refractivity contribution < 1.29 is 9.53 Å². The largest absolute Gasteiger partial charge is 0.495 e. The van der Waals surface area contributed by atoms with E-state index in [0.29, 0.717) is 17.1 Å². The van der Waals surface area contributed by atoms with Crippen molar-refractivity contribution in [3.63, 3.8) is 0 Å².